The largest absolute Gasteiger partial charge is 0.454 e. The van der Waals surface area contributed by atoms with Crippen molar-refractivity contribution in [3.63, 3.8) is 0 Å². The minimum absolute atomic E-state index is 0.101. The number of carbonyl (C=O) groups is 2. The zero-order valence-electron chi connectivity index (χ0n) is 13.1. The number of carbonyl (C=O) groups excluding carboxylic acids is 2. The van der Waals surface area contributed by atoms with Crippen molar-refractivity contribution >= 4 is 23.9 Å². The molecular weight excluding hydrogens is 326 g/mol. The first-order valence-electron chi connectivity index (χ1n) is 7.09. The molecule has 0 aromatic heterocycles. The number of hydrogen-bond donors (Lipinski definition) is 4. The first kappa shape index (κ1) is 17.9. The van der Waals surface area contributed by atoms with E-state index in [1.807, 2.05) is 0 Å². The molecule has 0 saturated carbocycles. The molecule has 2 aromatic rings. The molecule has 1 atom stereocenters. The van der Waals surface area contributed by atoms with E-state index < -0.39 is 17.6 Å². The van der Waals surface area contributed by atoms with Crippen LogP contribution >= 0.6 is 0 Å². The molecular formula is C16H17N5O4. The number of hydrogen-bond acceptors (Lipinski definition) is 7. The minimum atomic E-state index is -2.49. The number of esters is 1. The molecule has 0 saturated heterocycles. The second kappa shape index (κ2) is 7.90. The van der Waals surface area contributed by atoms with Crippen LogP contribution in [0.1, 0.15) is 0 Å². The summed E-state index contributed by atoms with van der Waals surface area (Å²) in [4.78, 5) is 28.0. The molecule has 130 valence electrons. The van der Waals surface area contributed by atoms with Gasteiger partial charge in [0, 0.05) is 6.07 Å². The van der Waals surface area contributed by atoms with Gasteiger partial charge in [0.25, 0.3) is 5.91 Å². The summed E-state index contributed by atoms with van der Waals surface area (Å²) in [5.41, 5.74) is 11.2. The highest BCUT2D eigenvalue weighted by atomic mass is 16.6. The highest BCUT2D eigenvalue weighted by Gasteiger charge is 2.45. The molecule has 0 aliphatic rings. The third kappa shape index (κ3) is 4.53. The van der Waals surface area contributed by atoms with Crippen molar-refractivity contribution in [1.29, 1.82) is 0 Å². The summed E-state index contributed by atoms with van der Waals surface area (Å²) in [6.07, 6.45) is 1.25. The standard InChI is InChI=1S/C16H17N5O4/c17-14(22)16(18,25-12-6-2-1-3-7-12)15(23)24-13-8-4-5-11(9-13)20-10-21-19/h1-10H,18-19H2,(H2,17,22)(H,20,21). The fourth-order valence-corrected chi connectivity index (χ4v) is 1.79. The maximum Gasteiger partial charge on any atom is 0.382 e. The number of nitrogens with one attached hydrogen (secondary N) is 1. The number of aliphatic imine (C=N–C) groups is 1. The molecule has 1 amide bonds. The van der Waals surface area contributed by atoms with Crippen LogP contribution in [-0.2, 0) is 9.59 Å². The monoisotopic (exact) mass is 343 g/mol. The number of nitrogens with zero attached hydrogens (tertiary/aromatic N) is 1. The van der Waals surface area contributed by atoms with Crippen LogP contribution < -0.4 is 32.2 Å². The normalized spacial score (nSPS) is 13.0. The second-order valence-electron chi connectivity index (χ2n) is 4.83. The van der Waals surface area contributed by atoms with Gasteiger partial charge in [-0.1, -0.05) is 24.3 Å². The molecule has 7 N–H and O–H groups in total. The molecule has 0 fully saturated rings. The van der Waals surface area contributed by atoms with E-state index in [2.05, 4.69) is 10.4 Å². The van der Waals surface area contributed by atoms with E-state index in [1.165, 1.54) is 30.6 Å². The molecule has 0 aliphatic heterocycles. The molecule has 0 heterocycles. The van der Waals surface area contributed by atoms with Gasteiger partial charge >= 0.3 is 11.7 Å². The van der Waals surface area contributed by atoms with Gasteiger partial charge in [0.1, 0.15) is 17.8 Å². The summed E-state index contributed by atoms with van der Waals surface area (Å²) in [6, 6.07) is 14.2. The maximum atomic E-state index is 12.4. The Kier molecular flexibility index (Phi) is 5.66. The van der Waals surface area contributed by atoms with Gasteiger partial charge in [0.05, 0.1) is 5.69 Å². The molecule has 0 aliphatic carbocycles. The van der Waals surface area contributed by atoms with Gasteiger partial charge in [0.2, 0.25) is 0 Å². The van der Waals surface area contributed by atoms with E-state index in [1.54, 1.807) is 30.3 Å². The van der Waals surface area contributed by atoms with Crippen molar-refractivity contribution in [3.8, 4) is 11.5 Å². The van der Waals surface area contributed by atoms with E-state index >= 15 is 0 Å². The van der Waals surface area contributed by atoms with Crippen molar-refractivity contribution in [1.82, 2.24) is 5.43 Å². The SMILES string of the molecule is NNC=Nc1cccc(OC(=O)C(N)(Oc2ccccc2)C(N)=O)c1. The summed E-state index contributed by atoms with van der Waals surface area (Å²) < 4.78 is 10.4. The van der Waals surface area contributed by atoms with Crippen molar-refractivity contribution in [2.75, 3.05) is 0 Å². The number of hydrazine groups is 1. The van der Waals surface area contributed by atoms with Crippen LogP contribution in [0.3, 0.4) is 0 Å². The van der Waals surface area contributed by atoms with Gasteiger partial charge in [-0.05, 0) is 24.3 Å². The van der Waals surface area contributed by atoms with Gasteiger partial charge in [-0.2, -0.15) is 0 Å². The summed E-state index contributed by atoms with van der Waals surface area (Å²) in [6.45, 7) is 0. The Balaban J connectivity index is 2.20. The average Bonchev–Trinajstić information content (AvgIpc) is 2.60. The van der Waals surface area contributed by atoms with Crippen LogP contribution in [0.25, 0.3) is 0 Å². The van der Waals surface area contributed by atoms with E-state index in [4.69, 9.17) is 26.8 Å². The van der Waals surface area contributed by atoms with Crippen LogP contribution in [0.2, 0.25) is 0 Å². The minimum Gasteiger partial charge on any atom is -0.454 e. The van der Waals surface area contributed by atoms with Gasteiger partial charge < -0.3 is 20.6 Å². The maximum absolute atomic E-state index is 12.4. The third-order valence-corrected chi connectivity index (χ3v) is 3.01. The van der Waals surface area contributed by atoms with Crippen molar-refractivity contribution in [2.45, 2.75) is 5.72 Å². The first-order valence-corrected chi connectivity index (χ1v) is 7.09. The Hall–Kier alpha value is -3.43. The summed E-state index contributed by atoms with van der Waals surface area (Å²) in [5.74, 6) is 3.02. The van der Waals surface area contributed by atoms with Crippen LogP contribution in [0.5, 0.6) is 11.5 Å². The predicted molar refractivity (Wildman–Crippen MR) is 90.7 cm³/mol. The zero-order valence-corrected chi connectivity index (χ0v) is 13.1. The molecule has 9 nitrogen and oxygen atoms in total. The molecule has 1 unspecified atom stereocenters. The zero-order chi connectivity index (χ0) is 18.3. The van der Waals surface area contributed by atoms with Crippen molar-refractivity contribution in [2.24, 2.45) is 22.3 Å². The quantitative estimate of drug-likeness (QED) is 0.0801. The summed E-state index contributed by atoms with van der Waals surface area (Å²) in [5, 5.41) is 0. The Morgan fingerprint density at radius 3 is 2.40 bits per heavy atom. The molecule has 25 heavy (non-hydrogen) atoms. The smallest absolute Gasteiger partial charge is 0.382 e. The summed E-state index contributed by atoms with van der Waals surface area (Å²) >= 11 is 0. The number of para-hydroxylation sites is 1. The van der Waals surface area contributed by atoms with Crippen LogP contribution in [0, 0.1) is 0 Å². The lowest BCUT2D eigenvalue weighted by atomic mass is 10.2. The number of rotatable bonds is 7. The van der Waals surface area contributed by atoms with E-state index in [0.29, 0.717) is 5.69 Å². The molecule has 9 heteroatoms. The Bertz CT molecular complexity index is 781. The van der Waals surface area contributed by atoms with Crippen molar-refractivity contribution < 1.29 is 19.1 Å². The molecule has 0 radical (unpaired) electrons. The molecule has 0 bridgehead atoms. The molecule has 0 spiro atoms. The van der Waals surface area contributed by atoms with Gasteiger partial charge in [-0.3, -0.25) is 10.5 Å². The third-order valence-electron chi connectivity index (χ3n) is 3.01. The highest BCUT2D eigenvalue weighted by molar-refractivity contribution is 6.05. The lowest BCUT2D eigenvalue weighted by Gasteiger charge is -2.24. The van der Waals surface area contributed by atoms with Gasteiger partial charge in [-0.25, -0.2) is 15.6 Å². The fourth-order valence-electron chi connectivity index (χ4n) is 1.79. The fraction of sp³-hybridized carbons (Fsp3) is 0.0625. The molecule has 2 rings (SSSR count). The number of benzene rings is 2. The lowest BCUT2D eigenvalue weighted by molar-refractivity contribution is -0.158. The Morgan fingerprint density at radius 1 is 1.08 bits per heavy atom. The topological polar surface area (TPSA) is 155 Å². The van der Waals surface area contributed by atoms with Crippen LogP contribution in [0.4, 0.5) is 5.69 Å². The van der Waals surface area contributed by atoms with Crippen molar-refractivity contribution in [3.05, 3.63) is 54.6 Å². The Labute approximate surface area is 143 Å². The number of amides is 1. The second-order valence-corrected chi connectivity index (χ2v) is 4.83. The van der Waals surface area contributed by atoms with Gasteiger partial charge in [0.15, 0.2) is 0 Å². The molecule has 2 aromatic carbocycles. The highest BCUT2D eigenvalue weighted by Crippen LogP contribution is 2.22. The number of nitrogens with two attached hydrogens (primary N) is 3. The first-order chi connectivity index (χ1) is 12.0. The van der Waals surface area contributed by atoms with Gasteiger partial charge in [-0.15, -0.1) is 0 Å². The van der Waals surface area contributed by atoms with Crippen LogP contribution in [0.15, 0.2) is 59.6 Å². The number of ether oxygens (including phenoxy) is 2. The average molecular weight is 343 g/mol. The Morgan fingerprint density at radius 2 is 1.76 bits per heavy atom. The number of primary amides is 1. The van der Waals surface area contributed by atoms with Crippen LogP contribution in [-0.4, -0.2) is 23.9 Å². The summed E-state index contributed by atoms with van der Waals surface area (Å²) in [7, 11) is 0. The van der Waals surface area contributed by atoms with E-state index in [0.717, 1.165) is 0 Å². The predicted octanol–water partition coefficient (Wildman–Crippen LogP) is -0.0656. The van der Waals surface area contributed by atoms with E-state index in [-0.39, 0.29) is 11.5 Å². The lowest BCUT2D eigenvalue weighted by Crippen LogP contribution is -2.64. The van der Waals surface area contributed by atoms with E-state index in [9.17, 15) is 9.59 Å².